The largest absolute Gasteiger partial charge is 0.488 e. The number of ether oxygens (including phenoxy) is 1. The molecule has 3 aromatic rings. The van der Waals surface area contributed by atoms with Crippen LogP contribution in [0, 0.1) is 0 Å². The predicted octanol–water partition coefficient (Wildman–Crippen LogP) is 7.31. The van der Waals surface area contributed by atoms with Crippen LogP contribution in [-0.2, 0) is 11.4 Å². The lowest BCUT2D eigenvalue weighted by Crippen LogP contribution is -2.17. The van der Waals surface area contributed by atoms with Crippen molar-refractivity contribution in [3.05, 3.63) is 91.8 Å². The lowest BCUT2D eigenvalue weighted by Gasteiger charge is -2.18. The number of halogens is 3. The van der Waals surface area contributed by atoms with Gasteiger partial charge in [-0.1, -0.05) is 64.8 Å². The van der Waals surface area contributed by atoms with E-state index in [4.69, 9.17) is 39.5 Å². The Balaban J connectivity index is 1.61. The number of hydrogen-bond donors (Lipinski definition) is 1. The molecule has 1 N–H and O–H groups in total. The topological polar surface area (TPSA) is 38.3 Å². The van der Waals surface area contributed by atoms with E-state index in [9.17, 15) is 4.79 Å². The van der Waals surface area contributed by atoms with Gasteiger partial charge in [-0.15, -0.1) is 0 Å². The number of hydrogen-bond acceptors (Lipinski definition) is 3. The van der Waals surface area contributed by atoms with E-state index in [0.29, 0.717) is 32.3 Å². The van der Waals surface area contributed by atoms with Crippen LogP contribution in [0.2, 0.25) is 15.1 Å². The van der Waals surface area contributed by atoms with Gasteiger partial charge in [-0.05, 0) is 54.1 Å². The first-order valence-corrected chi connectivity index (χ1v) is 10.6. The first-order chi connectivity index (χ1) is 14.0. The van der Waals surface area contributed by atoms with Crippen LogP contribution in [0.5, 0.6) is 5.75 Å². The Kier molecular flexibility index (Phi) is 6.07. The summed E-state index contributed by atoms with van der Waals surface area (Å²) < 4.78 is 5.97. The second-order valence-electron chi connectivity index (χ2n) is 6.28. The minimum atomic E-state index is -0.163. The summed E-state index contributed by atoms with van der Waals surface area (Å²) in [5.41, 5.74) is 2.41. The van der Waals surface area contributed by atoms with Gasteiger partial charge < -0.3 is 10.1 Å². The molecule has 1 amide bonds. The average molecular weight is 463 g/mol. The molecule has 1 heterocycles. The number of anilines is 1. The zero-order chi connectivity index (χ0) is 20.4. The quantitative estimate of drug-likeness (QED) is 0.413. The molecule has 0 fully saturated rings. The van der Waals surface area contributed by atoms with Crippen LogP contribution in [0.1, 0.15) is 11.1 Å². The van der Waals surface area contributed by atoms with Crippen molar-refractivity contribution in [3.8, 4) is 5.75 Å². The number of thioether (sulfide) groups is 1. The number of carbonyl (C=O) groups is 1. The van der Waals surface area contributed by atoms with Crippen LogP contribution in [0.4, 0.5) is 5.69 Å². The molecule has 3 nitrogen and oxygen atoms in total. The van der Waals surface area contributed by atoms with E-state index in [1.54, 1.807) is 36.4 Å². The SMILES string of the molecule is O=C1Nc2ccccc2S/C1=C\c1cc(Cl)ccc1OCc1ccc(Cl)c(Cl)c1. The molecule has 7 heteroatoms. The Labute approximate surface area is 187 Å². The van der Waals surface area contributed by atoms with Crippen molar-refractivity contribution in [1.29, 1.82) is 0 Å². The van der Waals surface area contributed by atoms with Crippen LogP contribution in [-0.4, -0.2) is 5.91 Å². The van der Waals surface area contributed by atoms with Gasteiger partial charge in [-0.2, -0.15) is 0 Å². The summed E-state index contributed by atoms with van der Waals surface area (Å²) in [4.78, 5) is 14.1. The maximum Gasteiger partial charge on any atom is 0.262 e. The molecule has 0 spiro atoms. The molecule has 29 heavy (non-hydrogen) atoms. The van der Waals surface area contributed by atoms with Gasteiger partial charge in [0, 0.05) is 15.5 Å². The fourth-order valence-corrected chi connectivity index (χ4v) is 4.24. The van der Waals surface area contributed by atoms with Gasteiger partial charge in [0.1, 0.15) is 12.4 Å². The lowest BCUT2D eigenvalue weighted by atomic mass is 10.1. The first kappa shape index (κ1) is 20.2. The Morgan fingerprint density at radius 3 is 2.62 bits per heavy atom. The molecule has 0 radical (unpaired) electrons. The van der Waals surface area contributed by atoms with Crippen LogP contribution in [0.25, 0.3) is 6.08 Å². The summed E-state index contributed by atoms with van der Waals surface area (Å²) in [5.74, 6) is 0.448. The average Bonchev–Trinajstić information content (AvgIpc) is 2.70. The van der Waals surface area contributed by atoms with E-state index >= 15 is 0 Å². The normalized spacial score (nSPS) is 14.4. The van der Waals surface area contributed by atoms with Gasteiger partial charge in [-0.3, -0.25) is 4.79 Å². The number of carbonyl (C=O) groups excluding carboxylic acids is 1. The highest BCUT2D eigenvalue weighted by Gasteiger charge is 2.21. The Morgan fingerprint density at radius 1 is 0.966 bits per heavy atom. The molecule has 0 bridgehead atoms. The van der Waals surface area contributed by atoms with E-state index in [-0.39, 0.29) is 5.91 Å². The van der Waals surface area contributed by atoms with E-state index in [1.165, 1.54) is 11.8 Å². The van der Waals surface area contributed by atoms with Gasteiger partial charge in [0.15, 0.2) is 0 Å². The Bertz CT molecular complexity index is 1130. The number of fused-ring (bicyclic) bond motifs is 1. The highest BCUT2D eigenvalue weighted by atomic mass is 35.5. The fraction of sp³-hybridized carbons (Fsp3) is 0.0455. The van der Waals surface area contributed by atoms with Crippen LogP contribution < -0.4 is 10.1 Å². The van der Waals surface area contributed by atoms with Crippen LogP contribution >= 0.6 is 46.6 Å². The van der Waals surface area contributed by atoms with Crippen molar-refractivity contribution in [3.63, 3.8) is 0 Å². The van der Waals surface area contributed by atoms with Crippen molar-refractivity contribution < 1.29 is 9.53 Å². The maximum absolute atomic E-state index is 12.5. The van der Waals surface area contributed by atoms with E-state index in [2.05, 4.69) is 5.32 Å². The summed E-state index contributed by atoms with van der Waals surface area (Å²) >= 11 is 19.6. The molecule has 0 aliphatic carbocycles. The summed E-state index contributed by atoms with van der Waals surface area (Å²) in [7, 11) is 0. The zero-order valence-electron chi connectivity index (χ0n) is 14.9. The Hall–Kier alpha value is -2.11. The van der Waals surface area contributed by atoms with Crippen molar-refractivity contribution in [2.45, 2.75) is 11.5 Å². The monoisotopic (exact) mass is 461 g/mol. The maximum atomic E-state index is 12.5. The standard InChI is InChI=1S/C22H14Cl3NO2S/c23-15-6-8-19(28-12-13-5-7-16(24)17(25)9-13)14(10-15)11-21-22(27)26-18-3-1-2-4-20(18)29-21/h1-11H,12H2,(H,26,27)/b21-11-. The molecule has 1 aliphatic heterocycles. The van der Waals surface area contributed by atoms with Gasteiger partial charge in [-0.25, -0.2) is 0 Å². The second-order valence-corrected chi connectivity index (χ2v) is 8.61. The van der Waals surface area contributed by atoms with Crippen molar-refractivity contribution in [1.82, 2.24) is 0 Å². The third kappa shape index (κ3) is 4.73. The zero-order valence-corrected chi connectivity index (χ0v) is 18.0. The number of nitrogens with one attached hydrogen (secondary N) is 1. The number of rotatable bonds is 4. The fourth-order valence-electron chi connectivity index (χ4n) is 2.80. The summed E-state index contributed by atoms with van der Waals surface area (Å²) in [6.45, 7) is 0.302. The van der Waals surface area contributed by atoms with Gasteiger partial charge in [0.05, 0.1) is 20.6 Å². The summed E-state index contributed by atoms with van der Waals surface area (Å²) in [5, 5.41) is 4.43. The molecule has 0 aromatic heterocycles. The first-order valence-electron chi connectivity index (χ1n) is 8.66. The summed E-state index contributed by atoms with van der Waals surface area (Å²) in [6, 6.07) is 18.3. The van der Waals surface area contributed by atoms with Crippen LogP contribution in [0.15, 0.2) is 70.5 Å². The molecule has 0 atom stereocenters. The highest BCUT2D eigenvalue weighted by Crippen LogP contribution is 2.39. The smallest absolute Gasteiger partial charge is 0.262 e. The predicted molar refractivity (Wildman–Crippen MR) is 121 cm³/mol. The number of benzene rings is 3. The molecule has 4 rings (SSSR count). The number of para-hydroxylation sites is 1. The second kappa shape index (κ2) is 8.72. The van der Waals surface area contributed by atoms with Gasteiger partial charge >= 0.3 is 0 Å². The van der Waals surface area contributed by atoms with E-state index in [1.807, 2.05) is 30.3 Å². The van der Waals surface area contributed by atoms with Crippen molar-refractivity contribution in [2.75, 3.05) is 5.32 Å². The third-order valence-corrected chi connectivity index (χ3v) is 6.29. The van der Waals surface area contributed by atoms with Crippen molar-refractivity contribution in [2.24, 2.45) is 0 Å². The van der Waals surface area contributed by atoms with Crippen molar-refractivity contribution >= 4 is 64.2 Å². The minimum absolute atomic E-state index is 0.163. The van der Waals surface area contributed by atoms with E-state index < -0.39 is 0 Å². The Morgan fingerprint density at radius 2 is 1.79 bits per heavy atom. The molecular weight excluding hydrogens is 449 g/mol. The van der Waals surface area contributed by atoms with Gasteiger partial charge in [0.25, 0.3) is 5.91 Å². The molecular formula is C22H14Cl3NO2S. The molecule has 0 saturated carbocycles. The minimum Gasteiger partial charge on any atom is -0.488 e. The molecule has 146 valence electrons. The highest BCUT2D eigenvalue weighted by molar-refractivity contribution is 8.04. The molecule has 3 aromatic carbocycles. The lowest BCUT2D eigenvalue weighted by molar-refractivity contribution is -0.112. The van der Waals surface area contributed by atoms with Crippen LogP contribution in [0.3, 0.4) is 0 Å². The number of amides is 1. The molecule has 0 unspecified atom stereocenters. The van der Waals surface area contributed by atoms with Gasteiger partial charge in [0.2, 0.25) is 0 Å². The summed E-state index contributed by atoms with van der Waals surface area (Å²) in [6.07, 6.45) is 1.78. The molecule has 1 aliphatic rings. The molecule has 0 saturated heterocycles. The van der Waals surface area contributed by atoms with E-state index in [0.717, 1.165) is 21.7 Å². The third-order valence-electron chi connectivity index (χ3n) is 4.22.